The van der Waals surface area contributed by atoms with E-state index in [9.17, 15) is 0 Å². The Labute approximate surface area is 95.2 Å². The first-order chi connectivity index (χ1) is 7.66. The zero-order valence-electron chi connectivity index (χ0n) is 9.48. The van der Waals surface area contributed by atoms with Gasteiger partial charge in [0.15, 0.2) is 0 Å². The summed E-state index contributed by atoms with van der Waals surface area (Å²) in [4.78, 5) is 10.9. The molecule has 0 spiro atoms. The van der Waals surface area contributed by atoms with Gasteiger partial charge in [-0.3, -0.25) is 5.41 Å². The first-order valence-corrected chi connectivity index (χ1v) is 5.56. The van der Waals surface area contributed by atoms with Gasteiger partial charge in [0.25, 0.3) is 0 Å². The van der Waals surface area contributed by atoms with Gasteiger partial charge in [-0.05, 0) is 25.8 Å². The lowest BCUT2D eigenvalue weighted by Crippen LogP contribution is -2.31. The molecule has 0 amide bonds. The van der Waals surface area contributed by atoms with Crippen molar-refractivity contribution >= 4 is 11.8 Å². The van der Waals surface area contributed by atoms with E-state index in [1.807, 2.05) is 13.0 Å². The standard InChI is InChI=1S/C11H17N5/c1-8-4-6-14-11(15-8)16(9-2-3-9)7-5-10(12)13/h4,6,9H,2-3,5,7H2,1H3,(H3,12,13). The lowest BCUT2D eigenvalue weighted by atomic mass is 10.3. The second kappa shape index (κ2) is 4.47. The van der Waals surface area contributed by atoms with Gasteiger partial charge in [-0.2, -0.15) is 0 Å². The normalized spacial score (nSPS) is 14.8. The number of amidine groups is 1. The summed E-state index contributed by atoms with van der Waals surface area (Å²) in [6.07, 6.45) is 4.74. The summed E-state index contributed by atoms with van der Waals surface area (Å²) >= 11 is 0. The van der Waals surface area contributed by atoms with Crippen LogP contribution in [0.3, 0.4) is 0 Å². The number of nitrogens with one attached hydrogen (secondary N) is 1. The summed E-state index contributed by atoms with van der Waals surface area (Å²) in [5, 5.41) is 7.26. The number of nitrogens with two attached hydrogens (primary N) is 1. The molecule has 0 atom stereocenters. The lowest BCUT2D eigenvalue weighted by molar-refractivity contribution is 0.760. The molecule has 0 unspecified atom stereocenters. The van der Waals surface area contributed by atoms with E-state index in [-0.39, 0.29) is 5.84 Å². The van der Waals surface area contributed by atoms with Crippen molar-refractivity contribution in [1.82, 2.24) is 9.97 Å². The van der Waals surface area contributed by atoms with Gasteiger partial charge in [0.1, 0.15) is 0 Å². The van der Waals surface area contributed by atoms with E-state index in [4.69, 9.17) is 11.1 Å². The molecule has 0 saturated heterocycles. The minimum atomic E-state index is 0.221. The minimum absolute atomic E-state index is 0.221. The zero-order chi connectivity index (χ0) is 11.5. The lowest BCUT2D eigenvalue weighted by Gasteiger charge is -2.22. The molecular formula is C11H17N5. The van der Waals surface area contributed by atoms with E-state index in [2.05, 4.69) is 14.9 Å². The Morgan fingerprint density at radius 2 is 2.38 bits per heavy atom. The number of rotatable bonds is 5. The Kier molecular flexibility index (Phi) is 3.03. The summed E-state index contributed by atoms with van der Waals surface area (Å²) in [7, 11) is 0. The summed E-state index contributed by atoms with van der Waals surface area (Å²) in [6.45, 7) is 2.70. The molecule has 1 fully saturated rings. The van der Waals surface area contributed by atoms with Crippen LogP contribution in [0, 0.1) is 12.3 Å². The minimum Gasteiger partial charge on any atom is -0.388 e. The average molecular weight is 219 g/mol. The Bertz CT molecular complexity index is 386. The SMILES string of the molecule is Cc1ccnc(N(CCC(=N)N)C2CC2)n1. The highest BCUT2D eigenvalue weighted by atomic mass is 15.3. The van der Waals surface area contributed by atoms with Crippen LogP contribution in [0.25, 0.3) is 0 Å². The van der Waals surface area contributed by atoms with Gasteiger partial charge in [0, 0.05) is 30.9 Å². The first kappa shape index (κ1) is 10.9. The molecule has 1 aromatic rings. The molecule has 1 aromatic heterocycles. The highest BCUT2D eigenvalue weighted by Gasteiger charge is 2.30. The molecule has 16 heavy (non-hydrogen) atoms. The van der Waals surface area contributed by atoms with Crippen molar-refractivity contribution in [1.29, 1.82) is 5.41 Å². The Morgan fingerprint density at radius 1 is 1.62 bits per heavy atom. The fourth-order valence-electron chi connectivity index (χ4n) is 1.65. The van der Waals surface area contributed by atoms with Gasteiger partial charge < -0.3 is 10.6 Å². The number of hydrogen-bond donors (Lipinski definition) is 2. The average Bonchev–Trinajstić information content (AvgIpc) is 3.02. The highest BCUT2D eigenvalue weighted by Crippen LogP contribution is 2.29. The van der Waals surface area contributed by atoms with Crippen LogP contribution >= 0.6 is 0 Å². The fourth-order valence-corrected chi connectivity index (χ4v) is 1.65. The van der Waals surface area contributed by atoms with Crippen LogP contribution in [0.4, 0.5) is 5.95 Å². The van der Waals surface area contributed by atoms with Crippen molar-refractivity contribution in [2.24, 2.45) is 5.73 Å². The molecule has 0 bridgehead atoms. The molecule has 2 rings (SSSR count). The Balaban J connectivity index is 2.09. The molecule has 5 nitrogen and oxygen atoms in total. The molecule has 0 aliphatic heterocycles. The second-order valence-corrected chi connectivity index (χ2v) is 4.20. The van der Waals surface area contributed by atoms with Gasteiger partial charge >= 0.3 is 0 Å². The number of aromatic nitrogens is 2. The number of anilines is 1. The smallest absolute Gasteiger partial charge is 0.225 e. The van der Waals surface area contributed by atoms with E-state index in [1.54, 1.807) is 6.20 Å². The summed E-state index contributed by atoms with van der Waals surface area (Å²) < 4.78 is 0. The molecular weight excluding hydrogens is 202 g/mol. The maximum Gasteiger partial charge on any atom is 0.225 e. The Hall–Kier alpha value is -1.65. The maximum atomic E-state index is 7.26. The van der Waals surface area contributed by atoms with Crippen molar-refractivity contribution in [3.8, 4) is 0 Å². The summed E-state index contributed by atoms with van der Waals surface area (Å²) in [5.41, 5.74) is 6.36. The molecule has 1 heterocycles. The van der Waals surface area contributed by atoms with Crippen LogP contribution in [0.1, 0.15) is 25.0 Å². The van der Waals surface area contributed by atoms with Gasteiger partial charge in [0.05, 0.1) is 5.84 Å². The zero-order valence-corrected chi connectivity index (χ0v) is 9.48. The highest BCUT2D eigenvalue weighted by molar-refractivity contribution is 5.77. The van der Waals surface area contributed by atoms with Crippen molar-refractivity contribution < 1.29 is 0 Å². The topological polar surface area (TPSA) is 78.9 Å². The molecule has 5 heteroatoms. The fraction of sp³-hybridized carbons (Fsp3) is 0.545. The van der Waals surface area contributed by atoms with E-state index in [0.717, 1.165) is 18.2 Å². The molecule has 3 N–H and O–H groups in total. The third-order valence-corrected chi connectivity index (χ3v) is 2.65. The summed E-state index contributed by atoms with van der Waals surface area (Å²) in [5.74, 6) is 0.988. The number of aryl methyl sites for hydroxylation is 1. The van der Waals surface area contributed by atoms with Gasteiger partial charge in [0.2, 0.25) is 5.95 Å². The molecule has 1 aliphatic carbocycles. The van der Waals surface area contributed by atoms with Crippen molar-refractivity contribution in [2.75, 3.05) is 11.4 Å². The van der Waals surface area contributed by atoms with Crippen molar-refractivity contribution in [2.45, 2.75) is 32.2 Å². The van der Waals surface area contributed by atoms with Crippen molar-refractivity contribution in [3.05, 3.63) is 18.0 Å². The molecule has 1 aliphatic rings. The van der Waals surface area contributed by atoms with Crippen LogP contribution in [0.2, 0.25) is 0 Å². The third-order valence-electron chi connectivity index (χ3n) is 2.65. The van der Waals surface area contributed by atoms with Gasteiger partial charge in [-0.1, -0.05) is 0 Å². The predicted molar refractivity (Wildman–Crippen MR) is 63.7 cm³/mol. The monoisotopic (exact) mass is 219 g/mol. The van der Waals surface area contributed by atoms with Crippen LogP contribution in [0.5, 0.6) is 0 Å². The van der Waals surface area contributed by atoms with Crippen LogP contribution in [-0.4, -0.2) is 28.4 Å². The first-order valence-electron chi connectivity index (χ1n) is 5.56. The predicted octanol–water partition coefficient (Wildman–Crippen LogP) is 1.08. The number of nitrogens with zero attached hydrogens (tertiary/aromatic N) is 3. The van der Waals surface area contributed by atoms with Crippen molar-refractivity contribution in [3.63, 3.8) is 0 Å². The Morgan fingerprint density at radius 3 is 2.94 bits per heavy atom. The van der Waals surface area contributed by atoms with Crippen LogP contribution in [-0.2, 0) is 0 Å². The van der Waals surface area contributed by atoms with Crippen LogP contribution in [0.15, 0.2) is 12.3 Å². The van der Waals surface area contributed by atoms with E-state index < -0.39 is 0 Å². The molecule has 86 valence electrons. The van der Waals surface area contributed by atoms with E-state index in [1.165, 1.54) is 12.8 Å². The third kappa shape index (κ3) is 2.68. The number of hydrogen-bond acceptors (Lipinski definition) is 4. The van der Waals surface area contributed by atoms with Gasteiger partial charge in [-0.15, -0.1) is 0 Å². The molecule has 0 aromatic carbocycles. The second-order valence-electron chi connectivity index (χ2n) is 4.20. The summed E-state index contributed by atoms with van der Waals surface area (Å²) in [6, 6.07) is 2.43. The van der Waals surface area contributed by atoms with E-state index in [0.29, 0.717) is 12.5 Å². The largest absolute Gasteiger partial charge is 0.388 e. The molecule has 1 saturated carbocycles. The molecule has 0 radical (unpaired) electrons. The maximum absolute atomic E-state index is 7.26. The van der Waals surface area contributed by atoms with Crippen LogP contribution < -0.4 is 10.6 Å². The van der Waals surface area contributed by atoms with Gasteiger partial charge in [-0.25, -0.2) is 9.97 Å². The van der Waals surface area contributed by atoms with E-state index >= 15 is 0 Å². The quantitative estimate of drug-likeness (QED) is 0.573.